The number of hydrogen-bond donors (Lipinski definition) is 1. The SMILES string of the molecule is C=CCn1cc(C)nc1Nc1ccc(Br)cc1. The molecule has 0 fully saturated rings. The van der Waals surface area contributed by atoms with E-state index in [2.05, 4.69) is 32.8 Å². The summed E-state index contributed by atoms with van der Waals surface area (Å²) in [5.41, 5.74) is 2.01. The predicted octanol–water partition coefficient (Wildman–Crippen LogP) is 3.88. The van der Waals surface area contributed by atoms with Gasteiger partial charge in [-0.3, -0.25) is 0 Å². The Kier molecular flexibility index (Phi) is 3.64. The predicted molar refractivity (Wildman–Crippen MR) is 74.6 cm³/mol. The number of benzene rings is 1. The summed E-state index contributed by atoms with van der Waals surface area (Å²) in [5.74, 6) is 0.838. The minimum atomic E-state index is 0.750. The van der Waals surface area contributed by atoms with Crippen LogP contribution in [0.1, 0.15) is 5.69 Å². The Morgan fingerprint density at radius 1 is 1.41 bits per heavy atom. The quantitative estimate of drug-likeness (QED) is 0.867. The molecule has 2 rings (SSSR count). The van der Waals surface area contributed by atoms with E-state index in [0.717, 1.165) is 28.3 Å². The topological polar surface area (TPSA) is 29.9 Å². The molecule has 0 atom stereocenters. The molecule has 0 saturated heterocycles. The van der Waals surface area contributed by atoms with Crippen LogP contribution in [0.15, 0.2) is 47.6 Å². The molecule has 2 aromatic rings. The third-order valence-corrected chi connectivity index (χ3v) is 2.85. The van der Waals surface area contributed by atoms with Crippen molar-refractivity contribution < 1.29 is 0 Å². The van der Waals surface area contributed by atoms with Gasteiger partial charge in [-0.05, 0) is 31.2 Å². The van der Waals surface area contributed by atoms with Crippen LogP contribution in [-0.2, 0) is 6.54 Å². The fourth-order valence-electron chi connectivity index (χ4n) is 1.59. The molecule has 3 nitrogen and oxygen atoms in total. The van der Waals surface area contributed by atoms with E-state index < -0.39 is 0 Å². The van der Waals surface area contributed by atoms with Crippen LogP contribution in [0.5, 0.6) is 0 Å². The van der Waals surface area contributed by atoms with E-state index in [0.29, 0.717) is 0 Å². The molecule has 0 radical (unpaired) electrons. The molecule has 0 aliphatic rings. The Balaban J connectivity index is 2.22. The van der Waals surface area contributed by atoms with E-state index in [9.17, 15) is 0 Å². The summed E-state index contributed by atoms with van der Waals surface area (Å²) >= 11 is 3.41. The number of aromatic nitrogens is 2. The van der Waals surface area contributed by atoms with Crippen LogP contribution in [-0.4, -0.2) is 9.55 Å². The lowest BCUT2D eigenvalue weighted by molar-refractivity contribution is 0.832. The van der Waals surface area contributed by atoms with Crippen molar-refractivity contribution in [3.8, 4) is 0 Å². The van der Waals surface area contributed by atoms with Gasteiger partial charge in [0.05, 0.1) is 5.69 Å². The van der Waals surface area contributed by atoms with E-state index in [1.165, 1.54) is 0 Å². The molecule has 0 unspecified atom stereocenters. The first-order valence-electron chi connectivity index (χ1n) is 5.36. The normalized spacial score (nSPS) is 10.2. The first-order chi connectivity index (χ1) is 8.19. The highest BCUT2D eigenvalue weighted by atomic mass is 79.9. The van der Waals surface area contributed by atoms with E-state index >= 15 is 0 Å². The second-order valence-corrected chi connectivity index (χ2v) is 4.69. The molecule has 0 amide bonds. The highest BCUT2D eigenvalue weighted by Crippen LogP contribution is 2.19. The Morgan fingerprint density at radius 3 is 2.76 bits per heavy atom. The number of nitrogens with zero attached hydrogens (tertiary/aromatic N) is 2. The molecular formula is C13H14BrN3. The van der Waals surface area contributed by atoms with Gasteiger partial charge in [0.2, 0.25) is 5.95 Å². The number of rotatable bonds is 4. The average Bonchev–Trinajstić information content (AvgIpc) is 2.63. The molecule has 0 spiro atoms. The summed E-state index contributed by atoms with van der Waals surface area (Å²) < 4.78 is 3.10. The zero-order valence-electron chi connectivity index (χ0n) is 9.65. The second-order valence-electron chi connectivity index (χ2n) is 3.78. The fraction of sp³-hybridized carbons (Fsp3) is 0.154. The van der Waals surface area contributed by atoms with Crippen molar-refractivity contribution in [2.24, 2.45) is 0 Å². The Bertz CT molecular complexity index is 514. The van der Waals surface area contributed by atoms with Crippen LogP contribution in [0.3, 0.4) is 0 Å². The molecule has 0 aliphatic carbocycles. The maximum atomic E-state index is 4.44. The van der Waals surface area contributed by atoms with E-state index in [1.54, 1.807) is 0 Å². The summed E-state index contributed by atoms with van der Waals surface area (Å²) in [6.07, 6.45) is 3.86. The minimum absolute atomic E-state index is 0.750. The highest BCUT2D eigenvalue weighted by Gasteiger charge is 2.04. The first-order valence-corrected chi connectivity index (χ1v) is 6.15. The van der Waals surface area contributed by atoms with Crippen molar-refractivity contribution in [1.29, 1.82) is 0 Å². The standard InChI is InChI=1S/C13H14BrN3/c1-3-8-17-9-10(2)15-13(17)16-12-6-4-11(14)5-7-12/h3-7,9H,1,8H2,2H3,(H,15,16). The lowest BCUT2D eigenvalue weighted by Gasteiger charge is -2.07. The largest absolute Gasteiger partial charge is 0.326 e. The van der Waals surface area contributed by atoms with Crippen molar-refractivity contribution in [3.05, 3.63) is 53.3 Å². The van der Waals surface area contributed by atoms with Crippen molar-refractivity contribution >= 4 is 27.6 Å². The first kappa shape index (κ1) is 11.9. The van der Waals surface area contributed by atoms with Gasteiger partial charge in [-0.25, -0.2) is 4.98 Å². The molecular weight excluding hydrogens is 278 g/mol. The molecule has 17 heavy (non-hydrogen) atoms. The highest BCUT2D eigenvalue weighted by molar-refractivity contribution is 9.10. The van der Waals surface area contributed by atoms with Gasteiger partial charge in [0.15, 0.2) is 0 Å². The van der Waals surface area contributed by atoms with Crippen LogP contribution >= 0.6 is 15.9 Å². The third-order valence-electron chi connectivity index (χ3n) is 2.32. The summed E-state index contributed by atoms with van der Waals surface area (Å²) in [5, 5.41) is 3.29. The van der Waals surface area contributed by atoms with Gasteiger partial charge in [0.1, 0.15) is 0 Å². The molecule has 1 N–H and O–H groups in total. The van der Waals surface area contributed by atoms with E-state index in [-0.39, 0.29) is 0 Å². The molecule has 0 aliphatic heterocycles. The van der Waals surface area contributed by atoms with Gasteiger partial charge in [-0.1, -0.05) is 22.0 Å². The zero-order valence-corrected chi connectivity index (χ0v) is 11.2. The van der Waals surface area contributed by atoms with E-state index in [1.807, 2.05) is 48.0 Å². The van der Waals surface area contributed by atoms with Gasteiger partial charge < -0.3 is 9.88 Å². The van der Waals surface area contributed by atoms with Gasteiger partial charge in [-0.2, -0.15) is 0 Å². The summed E-state index contributed by atoms with van der Waals surface area (Å²) in [6.45, 7) is 6.47. The Morgan fingerprint density at radius 2 is 2.12 bits per heavy atom. The van der Waals surface area contributed by atoms with Crippen molar-refractivity contribution in [3.63, 3.8) is 0 Å². The zero-order chi connectivity index (χ0) is 12.3. The van der Waals surface area contributed by atoms with E-state index in [4.69, 9.17) is 0 Å². The lowest BCUT2D eigenvalue weighted by atomic mass is 10.3. The molecule has 4 heteroatoms. The van der Waals surface area contributed by atoms with Gasteiger partial charge >= 0.3 is 0 Å². The molecule has 1 aromatic heterocycles. The number of aryl methyl sites for hydroxylation is 1. The Labute approximate surface area is 109 Å². The third kappa shape index (κ3) is 2.97. The molecule has 0 saturated carbocycles. The number of imidazole rings is 1. The van der Waals surface area contributed by atoms with Gasteiger partial charge in [0.25, 0.3) is 0 Å². The van der Waals surface area contributed by atoms with Crippen LogP contribution < -0.4 is 5.32 Å². The summed E-state index contributed by atoms with van der Waals surface area (Å²) in [4.78, 5) is 4.44. The lowest BCUT2D eigenvalue weighted by Crippen LogP contribution is -2.01. The smallest absolute Gasteiger partial charge is 0.207 e. The van der Waals surface area contributed by atoms with Crippen LogP contribution in [0.4, 0.5) is 11.6 Å². The van der Waals surface area contributed by atoms with Crippen LogP contribution in [0.25, 0.3) is 0 Å². The number of halogens is 1. The fourth-order valence-corrected chi connectivity index (χ4v) is 1.85. The second kappa shape index (κ2) is 5.19. The molecule has 88 valence electrons. The van der Waals surface area contributed by atoms with Crippen LogP contribution in [0.2, 0.25) is 0 Å². The van der Waals surface area contributed by atoms with Crippen molar-refractivity contribution in [2.75, 3.05) is 5.32 Å². The van der Waals surface area contributed by atoms with Gasteiger partial charge in [-0.15, -0.1) is 6.58 Å². The summed E-state index contributed by atoms with van der Waals surface area (Å²) in [7, 11) is 0. The number of hydrogen-bond acceptors (Lipinski definition) is 2. The van der Waals surface area contributed by atoms with Crippen molar-refractivity contribution in [1.82, 2.24) is 9.55 Å². The maximum Gasteiger partial charge on any atom is 0.207 e. The monoisotopic (exact) mass is 291 g/mol. The minimum Gasteiger partial charge on any atom is -0.326 e. The van der Waals surface area contributed by atoms with Crippen LogP contribution in [0, 0.1) is 6.92 Å². The molecule has 1 heterocycles. The Hall–Kier alpha value is -1.55. The summed E-state index contributed by atoms with van der Waals surface area (Å²) in [6, 6.07) is 8.00. The van der Waals surface area contributed by atoms with Crippen molar-refractivity contribution in [2.45, 2.75) is 13.5 Å². The molecule has 1 aromatic carbocycles. The van der Waals surface area contributed by atoms with Gasteiger partial charge in [0, 0.05) is 22.9 Å². The number of allylic oxidation sites excluding steroid dienone is 1. The number of nitrogens with one attached hydrogen (secondary N) is 1. The maximum absolute atomic E-state index is 4.44. The number of anilines is 2. The average molecular weight is 292 g/mol. The molecule has 0 bridgehead atoms.